The van der Waals surface area contributed by atoms with Gasteiger partial charge in [-0.2, -0.15) is 4.98 Å². The van der Waals surface area contributed by atoms with Crippen LogP contribution in [0.3, 0.4) is 0 Å². The van der Waals surface area contributed by atoms with E-state index in [1.807, 2.05) is 22.9 Å². The van der Waals surface area contributed by atoms with Gasteiger partial charge in [0.2, 0.25) is 5.95 Å². The number of rotatable bonds is 6. The van der Waals surface area contributed by atoms with Crippen molar-refractivity contribution in [1.29, 1.82) is 0 Å². The second-order valence-corrected chi connectivity index (χ2v) is 9.23. The molecule has 1 aliphatic rings. The van der Waals surface area contributed by atoms with Gasteiger partial charge in [-0.05, 0) is 49.6 Å². The SMILES string of the molecule is COc1cc(Nc2nc3n(n2)CCC(C)(OC)CC3c2ccc(F)cc2)ccc1-n1cnc(Cl)c1. The van der Waals surface area contributed by atoms with Gasteiger partial charge in [0, 0.05) is 37.5 Å². The Labute approximate surface area is 207 Å². The van der Waals surface area contributed by atoms with E-state index in [1.165, 1.54) is 12.1 Å². The summed E-state index contributed by atoms with van der Waals surface area (Å²) in [6.07, 6.45) is 4.84. The standard InChI is InChI=1S/C25H26ClFN6O2/c1-25(35-3)10-11-33-23(19(13-25)16-4-6-17(27)7-5-16)30-24(31-33)29-18-8-9-20(21(12-18)34-2)32-14-22(26)28-15-32/h4-9,12,14-15,19H,10-11,13H2,1-3H3,(H,29,31). The van der Waals surface area contributed by atoms with Gasteiger partial charge < -0.3 is 19.4 Å². The van der Waals surface area contributed by atoms with E-state index < -0.39 is 0 Å². The van der Waals surface area contributed by atoms with E-state index in [9.17, 15) is 4.39 Å². The molecule has 0 saturated carbocycles. The van der Waals surface area contributed by atoms with Crippen molar-refractivity contribution in [3.8, 4) is 11.4 Å². The van der Waals surface area contributed by atoms with Crippen LogP contribution in [0.1, 0.15) is 37.1 Å². The number of fused-ring (bicyclic) bond motifs is 1. The fourth-order valence-corrected chi connectivity index (χ4v) is 4.62. The summed E-state index contributed by atoms with van der Waals surface area (Å²) in [5.74, 6) is 1.58. The van der Waals surface area contributed by atoms with Crippen LogP contribution in [-0.4, -0.2) is 44.1 Å². The van der Waals surface area contributed by atoms with Gasteiger partial charge in [0.05, 0.1) is 18.4 Å². The molecular weight excluding hydrogens is 471 g/mol. The van der Waals surface area contributed by atoms with Crippen molar-refractivity contribution in [3.63, 3.8) is 0 Å². The number of hydrogen-bond donors (Lipinski definition) is 1. The molecule has 2 unspecified atom stereocenters. The highest BCUT2D eigenvalue weighted by Crippen LogP contribution is 2.39. The van der Waals surface area contributed by atoms with Gasteiger partial charge in [-0.1, -0.05) is 23.7 Å². The van der Waals surface area contributed by atoms with Crippen molar-refractivity contribution in [2.75, 3.05) is 19.5 Å². The minimum absolute atomic E-state index is 0.0889. The van der Waals surface area contributed by atoms with Crippen molar-refractivity contribution in [2.24, 2.45) is 0 Å². The molecule has 0 amide bonds. The minimum atomic E-state index is -0.339. The second kappa shape index (κ2) is 9.31. The molecule has 4 aromatic rings. The van der Waals surface area contributed by atoms with Crippen LogP contribution in [0.15, 0.2) is 55.0 Å². The summed E-state index contributed by atoms with van der Waals surface area (Å²) in [6.45, 7) is 2.76. The summed E-state index contributed by atoms with van der Waals surface area (Å²) >= 11 is 5.97. The number of ether oxygens (including phenoxy) is 2. The van der Waals surface area contributed by atoms with Gasteiger partial charge in [0.15, 0.2) is 0 Å². The maximum absolute atomic E-state index is 13.6. The fraction of sp³-hybridized carbons (Fsp3) is 0.320. The molecule has 3 heterocycles. The first-order chi connectivity index (χ1) is 16.9. The average molecular weight is 497 g/mol. The number of methoxy groups -OCH3 is 2. The number of imidazole rings is 1. The number of benzene rings is 2. The highest BCUT2D eigenvalue weighted by molar-refractivity contribution is 6.29. The van der Waals surface area contributed by atoms with Gasteiger partial charge in [-0.3, -0.25) is 0 Å². The molecule has 0 bridgehead atoms. The van der Waals surface area contributed by atoms with Crippen molar-refractivity contribution in [3.05, 3.63) is 77.3 Å². The van der Waals surface area contributed by atoms with E-state index in [1.54, 1.807) is 43.4 Å². The highest BCUT2D eigenvalue weighted by atomic mass is 35.5. The average Bonchev–Trinajstić information content (AvgIpc) is 3.44. The molecule has 0 saturated heterocycles. The van der Waals surface area contributed by atoms with E-state index in [-0.39, 0.29) is 17.3 Å². The summed E-state index contributed by atoms with van der Waals surface area (Å²) in [4.78, 5) is 8.90. The number of hydrogen-bond acceptors (Lipinski definition) is 6. The largest absolute Gasteiger partial charge is 0.494 e. The monoisotopic (exact) mass is 496 g/mol. The van der Waals surface area contributed by atoms with Gasteiger partial charge in [-0.15, -0.1) is 5.10 Å². The van der Waals surface area contributed by atoms with E-state index >= 15 is 0 Å². The molecule has 2 aromatic carbocycles. The topological polar surface area (TPSA) is 79.0 Å². The third-order valence-corrected chi connectivity index (χ3v) is 6.73. The van der Waals surface area contributed by atoms with E-state index in [0.717, 1.165) is 29.2 Å². The van der Waals surface area contributed by atoms with Crippen LogP contribution in [0.5, 0.6) is 5.75 Å². The fourth-order valence-electron chi connectivity index (χ4n) is 4.47. The Kier molecular flexibility index (Phi) is 6.21. The Morgan fingerprint density at radius 1 is 1.17 bits per heavy atom. The highest BCUT2D eigenvalue weighted by Gasteiger charge is 2.36. The van der Waals surface area contributed by atoms with E-state index in [2.05, 4.69) is 17.2 Å². The van der Waals surface area contributed by atoms with Crippen LogP contribution >= 0.6 is 11.6 Å². The zero-order valence-corrected chi connectivity index (χ0v) is 20.5. The number of aryl methyl sites for hydroxylation is 1. The summed E-state index contributed by atoms with van der Waals surface area (Å²) in [5.41, 5.74) is 2.22. The van der Waals surface area contributed by atoms with Gasteiger partial charge in [0.1, 0.15) is 28.9 Å². The first kappa shape index (κ1) is 23.3. The van der Waals surface area contributed by atoms with Crippen molar-refractivity contribution < 1.29 is 13.9 Å². The molecule has 5 rings (SSSR count). The van der Waals surface area contributed by atoms with Gasteiger partial charge in [0.25, 0.3) is 0 Å². The molecule has 182 valence electrons. The van der Waals surface area contributed by atoms with E-state index in [0.29, 0.717) is 29.8 Å². The molecule has 2 atom stereocenters. The summed E-state index contributed by atoms with van der Waals surface area (Å²) < 4.78 is 28.7. The summed E-state index contributed by atoms with van der Waals surface area (Å²) in [5, 5.41) is 8.42. The van der Waals surface area contributed by atoms with Gasteiger partial charge in [-0.25, -0.2) is 14.1 Å². The van der Waals surface area contributed by atoms with Crippen molar-refractivity contribution in [1.82, 2.24) is 24.3 Å². The third-order valence-electron chi connectivity index (χ3n) is 6.53. The molecule has 10 heteroatoms. The molecular formula is C25H26ClFN6O2. The van der Waals surface area contributed by atoms with Crippen LogP contribution in [0.2, 0.25) is 5.15 Å². The summed E-state index contributed by atoms with van der Waals surface area (Å²) in [6, 6.07) is 12.3. The lowest BCUT2D eigenvalue weighted by Crippen LogP contribution is -2.29. The predicted octanol–water partition coefficient (Wildman–Crippen LogP) is 5.34. The molecule has 0 aliphatic carbocycles. The number of aromatic nitrogens is 5. The molecule has 0 radical (unpaired) electrons. The zero-order valence-electron chi connectivity index (χ0n) is 19.7. The smallest absolute Gasteiger partial charge is 0.246 e. The molecule has 2 aromatic heterocycles. The Morgan fingerprint density at radius 2 is 1.97 bits per heavy atom. The lowest BCUT2D eigenvalue weighted by atomic mass is 9.85. The maximum atomic E-state index is 13.6. The number of nitrogens with one attached hydrogen (secondary N) is 1. The normalized spacial score (nSPS) is 19.7. The van der Waals surface area contributed by atoms with Gasteiger partial charge >= 0.3 is 0 Å². The van der Waals surface area contributed by atoms with E-state index in [4.69, 9.17) is 31.2 Å². The first-order valence-electron chi connectivity index (χ1n) is 11.3. The Hall–Kier alpha value is -3.43. The van der Waals surface area contributed by atoms with Crippen LogP contribution in [0.25, 0.3) is 5.69 Å². The first-order valence-corrected chi connectivity index (χ1v) is 11.7. The number of anilines is 2. The number of nitrogens with zero attached hydrogens (tertiary/aromatic N) is 5. The Morgan fingerprint density at radius 3 is 2.66 bits per heavy atom. The van der Waals surface area contributed by atoms with Crippen LogP contribution in [0.4, 0.5) is 16.0 Å². The van der Waals surface area contributed by atoms with Crippen LogP contribution < -0.4 is 10.1 Å². The minimum Gasteiger partial charge on any atom is -0.494 e. The quantitative estimate of drug-likeness (QED) is 0.388. The van der Waals surface area contributed by atoms with Crippen LogP contribution in [0, 0.1) is 5.82 Å². The number of halogens is 2. The molecule has 1 aliphatic heterocycles. The summed E-state index contributed by atoms with van der Waals surface area (Å²) in [7, 11) is 3.34. The molecule has 0 spiro atoms. The zero-order chi connectivity index (χ0) is 24.6. The molecule has 1 N–H and O–H groups in total. The lowest BCUT2D eigenvalue weighted by molar-refractivity contribution is -0.0108. The molecule has 0 fully saturated rings. The van der Waals surface area contributed by atoms with Crippen molar-refractivity contribution >= 4 is 23.2 Å². The third kappa shape index (κ3) is 4.74. The second-order valence-electron chi connectivity index (χ2n) is 8.84. The molecule has 35 heavy (non-hydrogen) atoms. The van der Waals surface area contributed by atoms with Crippen molar-refractivity contribution in [2.45, 2.75) is 37.8 Å². The molecule has 8 nitrogen and oxygen atoms in total. The predicted molar refractivity (Wildman–Crippen MR) is 131 cm³/mol. The van der Waals surface area contributed by atoms with Crippen LogP contribution in [-0.2, 0) is 11.3 Å². The Balaban J connectivity index is 1.46. The maximum Gasteiger partial charge on any atom is 0.246 e. The Bertz CT molecular complexity index is 1340. The lowest BCUT2D eigenvalue weighted by Gasteiger charge is -2.29.